The average molecular weight is 753 g/mol. The van der Waals surface area contributed by atoms with Gasteiger partial charge in [0.2, 0.25) is 0 Å². The van der Waals surface area contributed by atoms with Crippen LogP contribution >= 0.6 is 89.0 Å². The van der Waals surface area contributed by atoms with E-state index in [-0.39, 0.29) is 22.3 Å². The van der Waals surface area contributed by atoms with Crippen molar-refractivity contribution in [1.82, 2.24) is 28.7 Å². The number of hydrazine groups is 4. The Bertz CT molecular complexity index is 606. The Labute approximate surface area is 277 Å². The number of nitrogens with zero attached hydrogens (tertiary/aromatic N) is 4. The Morgan fingerprint density at radius 1 is 0.675 bits per heavy atom. The monoisotopic (exact) mass is 752 g/mol. The minimum atomic E-state index is -0.517. The van der Waals surface area contributed by atoms with Gasteiger partial charge in [-0.3, -0.25) is 9.59 Å². The van der Waals surface area contributed by atoms with Crippen molar-refractivity contribution in [1.29, 1.82) is 0 Å². The lowest BCUT2D eigenvalue weighted by Crippen LogP contribution is -2.47. The summed E-state index contributed by atoms with van der Waals surface area (Å²) in [6.07, 6.45) is 9.48. The third-order valence-corrected chi connectivity index (χ3v) is 16.8. The molecule has 0 spiro atoms. The Hall–Kier alpha value is 1.85. The zero-order valence-corrected chi connectivity index (χ0v) is 33.7. The maximum Gasteiger partial charge on any atom is 0.323 e. The molecule has 0 aliphatic heterocycles. The highest BCUT2D eigenvalue weighted by Gasteiger charge is 2.25. The van der Waals surface area contributed by atoms with Crippen molar-refractivity contribution >= 4 is 119 Å². The quantitative estimate of drug-likeness (QED) is 0.0348. The second-order valence-electron chi connectivity index (χ2n) is 7.36. The van der Waals surface area contributed by atoms with E-state index in [1.807, 2.05) is 33.9 Å². The van der Waals surface area contributed by atoms with Crippen molar-refractivity contribution in [2.24, 2.45) is 0 Å². The highest BCUT2D eigenvalue weighted by molar-refractivity contribution is 9.28. The number of hydrogen-bond acceptors (Lipinski definition) is 18. The van der Waals surface area contributed by atoms with Gasteiger partial charge in [-0.2, -0.15) is 19.9 Å². The normalized spacial score (nSPS) is 12.4. The van der Waals surface area contributed by atoms with Crippen LogP contribution in [0.25, 0.3) is 0 Å². The fourth-order valence-electron chi connectivity index (χ4n) is 3.00. The van der Waals surface area contributed by atoms with Crippen LogP contribution in [0.5, 0.6) is 0 Å². The Balaban J connectivity index is 4.74. The van der Waals surface area contributed by atoms with Gasteiger partial charge in [-0.1, -0.05) is 59.9 Å². The molecule has 0 aromatic heterocycles. The van der Waals surface area contributed by atoms with Crippen molar-refractivity contribution < 1.29 is 28.5 Å². The third kappa shape index (κ3) is 18.6. The molecule has 2 N–H and O–H groups in total. The first-order chi connectivity index (χ1) is 19.4. The molecule has 0 saturated carbocycles. The molecule has 0 bridgehead atoms. The Kier molecular flexibility index (Phi) is 29.6. The van der Waals surface area contributed by atoms with Crippen LogP contribution in [-0.4, -0.2) is 127 Å². The fraction of sp³-hybridized carbons (Fsp3) is 0.889. The Morgan fingerprint density at radius 3 is 1.30 bits per heavy atom. The molecule has 0 atom stereocenters. The van der Waals surface area contributed by atoms with Gasteiger partial charge < -0.3 is 18.9 Å². The first-order valence-corrected chi connectivity index (χ1v) is 25.3. The van der Waals surface area contributed by atoms with Crippen LogP contribution in [0.3, 0.4) is 0 Å². The molecule has 0 unspecified atom stereocenters. The van der Waals surface area contributed by atoms with E-state index >= 15 is 0 Å². The molecule has 0 aliphatic carbocycles. The van der Waals surface area contributed by atoms with Gasteiger partial charge in [-0.05, 0) is 57.5 Å². The van der Waals surface area contributed by atoms with Gasteiger partial charge in [0.05, 0.1) is 19.0 Å². The molecule has 0 aromatic rings. The minimum Gasteiger partial charge on any atom is -0.360 e. The van der Waals surface area contributed by atoms with Crippen molar-refractivity contribution in [2.75, 3.05) is 66.6 Å². The van der Waals surface area contributed by atoms with Crippen LogP contribution in [-0.2, 0) is 18.9 Å². The summed E-state index contributed by atoms with van der Waals surface area (Å²) in [6, 6.07) is 2.08. The molecular formula is C18H44N6O6S8Si2. The van der Waals surface area contributed by atoms with Gasteiger partial charge >= 0.3 is 10.5 Å². The lowest BCUT2D eigenvalue weighted by molar-refractivity contribution is -0.0443. The van der Waals surface area contributed by atoms with E-state index < -0.39 is 19.0 Å². The Morgan fingerprint density at radius 2 is 1.02 bits per heavy atom. The maximum atomic E-state index is 13.0. The summed E-state index contributed by atoms with van der Waals surface area (Å²) in [6.45, 7) is 1.41. The van der Waals surface area contributed by atoms with Crippen LogP contribution in [0.2, 0.25) is 12.1 Å². The van der Waals surface area contributed by atoms with E-state index in [1.54, 1.807) is 28.4 Å². The predicted octanol–water partition coefficient (Wildman–Crippen LogP) is 4.17. The zero-order chi connectivity index (χ0) is 30.2. The van der Waals surface area contributed by atoms with Crippen molar-refractivity contribution in [3.8, 4) is 0 Å². The molecule has 0 saturated heterocycles. The van der Waals surface area contributed by atoms with E-state index in [0.717, 1.165) is 46.5 Å². The van der Waals surface area contributed by atoms with Crippen LogP contribution < -0.4 is 9.66 Å². The predicted molar refractivity (Wildman–Crippen MR) is 190 cm³/mol. The third-order valence-electron chi connectivity index (χ3n) is 4.94. The SMILES string of the molecule is COC(OC)[SiH2]CCCN(SC)N(NSC)C(=O)SSSSC(=O)N(NSC)N(CCC[SiH2]C(OC)OC)SC. The summed E-state index contributed by atoms with van der Waals surface area (Å²) in [4.78, 5) is 32.1. The summed E-state index contributed by atoms with van der Waals surface area (Å²) in [5.74, 6) is -0.157. The summed E-state index contributed by atoms with van der Waals surface area (Å²) < 4.78 is 25.0. The maximum absolute atomic E-state index is 13.0. The fourth-order valence-corrected chi connectivity index (χ4v) is 12.4. The lowest BCUT2D eigenvalue weighted by Gasteiger charge is -2.32. The first-order valence-electron chi connectivity index (χ1n) is 12.0. The van der Waals surface area contributed by atoms with Crippen LogP contribution in [0.15, 0.2) is 0 Å². The second-order valence-corrected chi connectivity index (χ2v) is 19.6. The molecule has 0 fully saturated rings. The topological polar surface area (TPSA) is 108 Å². The van der Waals surface area contributed by atoms with Gasteiger partial charge in [0.1, 0.15) is 11.8 Å². The van der Waals surface area contributed by atoms with Crippen LogP contribution in [0, 0.1) is 0 Å². The zero-order valence-electron chi connectivity index (χ0n) is 24.3. The number of hydrogen-bond donors (Lipinski definition) is 2. The molecule has 40 heavy (non-hydrogen) atoms. The first kappa shape index (κ1) is 41.9. The van der Waals surface area contributed by atoms with Gasteiger partial charge in [-0.15, -0.1) is 8.83 Å². The van der Waals surface area contributed by atoms with E-state index in [9.17, 15) is 9.59 Å². The summed E-state index contributed by atoms with van der Waals surface area (Å²) in [5.41, 5.74) is 0. The molecule has 0 heterocycles. The van der Waals surface area contributed by atoms with E-state index in [2.05, 4.69) is 9.66 Å². The number of methoxy groups -OCH3 is 4. The van der Waals surface area contributed by atoms with Crippen molar-refractivity contribution in [3.63, 3.8) is 0 Å². The molecule has 0 radical (unpaired) electrons. The summed E-state index contributed by atoms with van der Waals surface area (Å²) in [7, 11) is 10.3. The molecule has 0 aliphatic rings. The molecule has 238 valence electrons. The van der Waals surface area contributed by atoms with Crippen molar-refractivity contribution in [2.45, 2.75) is 36.8 Å². The molecular weight excluding hydrogens is 709 g/mol. The summed E-state index contributed by atoms with van der Waals surface area (Å²) >= 11 is 5.65. The van der Waals surface area contributed by atoms with Crippen molar-refractivity contribution in [3.05, 3.63) is 0 Å². The largest absolute Gasteiger partial charge is 0.360 e. The average Bonchev–Trinajstić information content (AvgIpc) is 2.97. The van der Waals surface area contributed by atoms with Crippen LogP contribution in [0.1, 0.15) is 12.8 Å². The molecule has 0 aromatic carbocycles. The van der Waals surface area contributed by atoms with Gasteiger partial charge in [0.15, 0.2) is 0 Å². The minimum absolute atomic E-state index is 0.0785. The smallest absolute Gasteiger partial charge is 0.323 e. The molecule has 22 heteroatoms. The van der Waals surface area contributed by atoms with Gasteiger partial charge in [-0.25, -0.2) is 0 Å². The molecule has 2 amide bonds. The number of carbonyl (C=O) groups is 2. The number of rotatable bonds is 25. The van der Waals surface area contributed by atoms with Gasteiger partial charge in [0, 0.05) is 63.1 Å². The summed E-state index contributed by atoms with van der Waals surface area (Å²) in [5, 5.41) is 2.70. The van der Waals surface area contributed by atoms with E-state index in [1.165, 1.54) is 77.7 Å². The highest BCUT2D eigenvalue weighted by atomic mass is 33.7. The van der Waals surface area contributed by atoms with Gasteiger partial charge in [0.25, 0.3) is 0 Å². The standard InChI is InChI=1S/C18H44N6O6S8Si2/c1-27-17(28-2)39-13-9-11-21(33-7)23(19-31-5)15(25)35-37-38-36-16(26)24(20-32-6)22(34-8)12-10-14-40-18(29-3)30-4/h17-20H,9-14,39-40H2,1-8H3. The highest BCUT2D eigenvalue weighted by Crippen LogP contribution is 2.45. The number of ether oxygens (including phenoxy) is 4. The van der Waals surface area contributed by atoms with E-state index in [0.29, 0.717) is 13.1 Å². The molecule has 0 rings (SSSR count). The van der Waals surface area contributed by atoms with Crippen LogP contribution in [0.4, 0.5) is 9.59 Å². The second kappa shape index (κ2) is 28.3. The number of amides is 2. The number of nitrogens with one attached hydrogen (secondary N) is 2. The number of carbonyl (C=O) groups excluding carboxylic acids is 2. The molecule has 12 nitrogen and oxygen atoms in total. The lowest BCUT2D eigenvalue weighted by atomic mass is 10.5. The van der Waals surface area contributed by atoms with E-state index in [4.69, 9.17) is 18.9 Å².